The van der Waals surface area contributed by atoms with Gasteiger partial charge in [-0.25, -0.2) is 4.99 Å². The maximum absolute atomic E-state index is 12.6. The van der Waals surface area contributed by atoms with Crippen molar-refractivity contribution in [1.82, 2.24) is 9.88 Å². The lowest BCUT2D eigenvalue weighted by atomic mass is 9.48. The first-order chi connectivity index (χ1) is 19.5. The molecule has 1 unspecified atom stereocenters. The van der Waals surface area contributed by atoms with Gasteiger partial charge in [0, 0.05) is 35.6 Å². The van der Waals surface area contributed by atoms with Crippen LogP contribution in [0.4, 0.5) is 0 Å². The third-order valence-corrected chi connectivity index (χ3v) is 11.3. The molecule has 2 N–H and O–H groups in total. The Morgan fingerprint density at radius 1 is 0.975 bits per heavy atom. The summed E-state index contributed by atoms with van der Waals surface area (Å²) in [5.74, 6) is 3.23. The number of aromatic hydroxyl groups is 1. The van der Waals surface area contributed by atoms with E-state index in [4.69, 9.17) is 0 Å². The second-order valence-electron chi connectivity index (χ2n) is 12.8. The van der Waals surface area contributed by atoms with E-state index in [2.05, 4.69) is 51.3 Å². The summed E-state index contributed by atoms with van der Waals surface area (Å²) in [6, 6.07) is 18.9. The van der Waals surface area contributed by atoms with Crippen LogP contribution in [0.2, 0.25) is 0 Å². The fourth-order valence-corrected chi connectivity index (χ4v) is 9.78. The highest BCUT2D eigenvalue weighted by atomic mass is 32.2. The van der Waals surface area contributed by atoms with E-state index in [0.717, 1.165) is 59.3 Å². The van der Waals surface area contributed by atoms with Gasteiger partial charge >= 0.3 is 0 Å². The SMILES string of the molecule is O=C1N=C(C2CCNC2)S/C1=C/c1cccn1-c1ccc(-c2ccc(O)c(C34CC5CC(CC(C5)C3)C4)c2)cc1. The molecule has 0 spiro atoms. The number of rotatable bonds is 5. The van der Waals surface area contributed by atoms with Gasteiger partial charge in [-0.3, -0.25) is 4.79 Å². The normalized spacial score (nSPS) is 31.9. The van der Waals surface area contributed by atoms with Crippen LogP contribution in [-0.4, -0.2) is 33.7 Å². The number of carbonyl (C=O) groups is 1. The molecule has 2 aliphatic heterocycles. The number of hydrogen-bond donors (Lipinski definition) is 2. The molecule has 2 aromatic carbocycles. The Balaban J connectivity index is 1.05. The smallest absolute Gasteiger partial charge is 0.284 e. The minimum Gasteiger partial charge on any atom is -0.508 e. The Bertz CT molecular complexity index is 1510. The lowest BCUT2D eigenvalue weighted by Crippen LogP contribution is -2.48. The predicted octanol–water partition coefficient (Wildman–Crippen LogP) is 6.94. The van der Waals surface area contributed by atoms with Crippen molar-refractivity contribution < 1.29 is 9.90 Å². The lowest BCUT2D eigenvalue weighted by Gasteiger charge is -2.57. The van der Waals surface area contributed by atoms with Crippen LogP contribution in [0.1, 0.15) is 56.2 Å². The van der Waals surface area contributed by atoms with Crippen LogP contribution >= 0.6 is 11.8 Å². The average Bonchev–Trinajstić information content (AvgIpc) is 3.71. The van der Waals surface area contributed by atoms with Crippen LogP contribution in [0.15, 0.2) is 70.7 Å². The van der Waals surface area contributed by atoms with Crippen molar-refractivity contribution in [2.45, 2.75) is 50.4 Å². The summed E-state index contributed by atoms with van der Waals surface area (Å²) in [6.07, 6.45) is 13.0. The van der Waals surface area contributed by atoms with E-state index in [0.29, 0.717) is 16.6 Å². The molecule has 0 radical (unpaired) electrons. The second-order valence-corrected chi connectivity index (χ2v) is 13.9. The first-order valence-corrected chi connectivity index (χ1v) is 15.7. The molecule has 1 aromatic heterocycles. The Hall–Kier alpha value is -3.09. The number of benzene rings is 2. The summed E-state index contributed by atoms with van der Waals surface area (Å²) < 4.78 is 2.12. The Labute approximate surface area is 239 Å². The predicted molar refractivity (Wildman–Crippen MR) is 162 cm³/mol. The Morgan fingerprint density at radius 2 is 1.70 bits per heavy atom. The molecular weight excluding hydrogens is 514 g/mol. The zero-order valence-corrected chi connectivity index (χ0v) is 23.5. The van der Waals surface area contributed by atoms with Gasteiger partial charge in [0.25, 0.3) is 5.91 Å². The molecule has 4 aliphatic carbocycles. The third kappa shape index (κ3) is 4.19. The number of carbonyl (C=O) groups excluding carboxylic acids is 1. The quantitative estimate of drug-likeness (QED) is 0.338. The summed E-state index contributed by atoms with van der Waals surface area (Å²) in [5.41, 5.74) is 5.70. The van der Waals surface area contributed by atoms with Gasteiger partial charge in [-0.1, -0.05) is 30.0 Å². The first-order valence-electron chi connectivity index (χ1n) is 14.9. The Kier molecular flexibility index (Phi) is 5.86. The number of phenols is 1. The van der Waals surface area contributed by atoms with Crippen LogP contribution in [0, 0.1) is 23.7 Å². The highest BCUT2D eigenvalue weighted by Gasteiger charge is 2.52. The number of thioether (sulfide) groups is 1. The monoisotopic (exact) mass is 549 g/mol. The molecule has 204 valence electrons. The van der Waals surface area contributed by atoms with Gasteiger partial charge in [0.1, 0.15) is 5.75 Å². The van der Waals surface area contributed by atoms with Gasteiger partial charge in [-0.2, -0.15) is 0 Å². The molecule has 1 atom stereocenters. The van der Waals surface area contributed by atoms with E-state index in [1.807, 2.05) is 30.5 Å². The van der Waals surface area contributed by atoms with Crippen molar-refractivity contribution >= 4 is 28.8 Å². The van der Waals surface area contributed by atoms with Gasteiger partial charge < -0.3 is 15.0 Å². The number of amides is 1. The molecule has 6 heteroatoms. The highest BCUT2D eigenvalue weighted by molar-refractivity contribution is 8.18. The van der Waals surface area contributed by atoms with Gasteiger partial charge in [0.2, 0.25) is 0 Å². The number of hydrogen-bond acceptors (Lipinski definition) is 4. The molecule has 3 aromatic rings. The van der Waals surface area contributed by atoms with Crippen molar-refractivity contribution in [3.8, 4) is 22.6 Å². The minimum absolute atomic E-state index is 0.128. The van der Waals surface area contributed by atoms with E-state index in [9.17, 15) is 9.90 Å². The van der Waals surface area contributed by atoms with Gasteiger partial charge in [0.15, 0.2) is 0 Å². The third-order valence-electron chi connectivity index (χ3n) is 10.2. The van der Waals surface area contributed by atoms with E-state index >= 15 is 0 Å². The van der Waals surface area contributed by atoms with Gasteiger partial charge in [-0.15, -0.1) is 0 Å². The molecule has 5 fully saturated rings. The molecule has 3 heterocycles. The minimum atomic E-state index is -0.128. The summed E-state index contributed by atoms with van der Waals surface area (Å²) in [5, 5.41) is 15.3. The van der Waals surface area contributed by atoms with Crippen molar-refractivity contribution in [3.63, 3.8) is 0 Å². The van der Waals surface area contributed by atoms with Gasteiger partial charge in [-0.05, 0) is 128 Å². The maximum atomic E-state index is 12.6. The van der Waals surface area contributed by atoms with Crippen molar-refractivity contribution in [2.75, 3.05) is 13.1 Å². The summed E-state index contributed by atoms with van der Waals surface area (Å²) in [4.78, 5) is 17.7. The number of phenolic OH excluding ortho intramolecular Hbond substituents is 1. The summed E-state index contributed by atoms with van der Waals surface area (Å²) >= 11 is 1.53. The molecule has 1 saturated heterocycles. The van der Waals surface area contributed by atoms with Crippen LogP contribution in [-0.2, 0) is 10.2 Å². The van der Waals surface area contributed by atoms with Crippen LogP contribution in [0.3, 0.4) is 0 Å². The fourth-order valence-electron chi connectivity index (χ4n) is 8.74. The summed E-state index contributed by atoms with van der Waals surface area (Å²) in [7, 11) is 0. The fraction of sp³-hybridized carbons (Fsp3) is 0.412. The lowest BCUT2D eigenvalue weighted by molar-refractivity contribution is -0.113. The van der Waals surface area contributed by atoms with Gasteiger partial charge in [0.05, 0.1) is 9.95 Å². The number of aromatic nitrogens is 1. The zero-order valence-electron chi connectivity index (χ0n) is 22.7. The van der Waals surface area contributed by atoms with Crippen molar-refractivity contribution in [1.29, 1.82) is 0 Å². The van der Waals surface area contributed by atoms with Crippen molar-refractivity contribution in [2.24, 2.45) is 28.7 Å². The number of aliphatic imine (C=N–C) groups is 1. The molecular formula is C34H35N3O2S. The van der Waals surface area contributed by atoms with Crippen LogP contribution in [0.25, 0.3) is 22.9 Å². The maximum Gasteiger partial charge on any atom is 0.284 e. The van der Waals surface area contributed by atoms with E-state index in [1.165, 1.54) is 61.4 Å². The van der Waals surface area contributed by atoms with Crippen LogP contribution in [0.5, 0.6) is 5.75 Å². The first kappa shape index (κ1) is 24.7. The largest absolute Gasteiger partial charge is 0.508 e. The average molecular weight is 550 g/mol. The molecule has 1 amide bonds. The second kappa shape index (κ2) is 9.49. The van der Waals surface area contributed by atoms with E-state index in [-0.39, 0.29) is 11.3 Å². The van der Waals surface area contributed by atoms with Crippen molar-refractivity contribution in [3.05, 3.63) is 77.0 Å². The summed E-state index contributed by atoms with van der Waals surface area (Å²) in [6.45, 7) is 1.89. The Morgan fingerprint density at radius 3 is 2.40 bits per heavy atom. The molecule has 40 heavy (non-hydrogen) atoms. The molecule has 6 aliphatic rings. The topological polar surface area (TPSA) is 66.6 Å². The number of nitrogens with one attached hydrogen (secondary N) is 1. The standard InChI is InChI=1S/C34H35N3O2S/c38-30-8-5-25(15-29(30)34-17-21-12-22(18-34)14-23(13-21)19-34)24-3-6-27(7-4-24)37-11-1-2-28(37)16-31-32(39)36-33(40-31)26-9-10-35-20-26/h1-8,11,15-16,21-23,26,35,38H,9-10,12-14,17-20H2/b31-16+. The highest BCUT2D eigenvalue weighted by Crippen LogP contribution is 2.62. The molecule has 5 nitrogen and oxygen atoms in total. The van der Waals surface area contributed by atoms with E-state index in [1.54, 1.807) is 0 Å². The molecule has 9 rings (SSSR count). The number of nitrogens with zero attached hydrogens (tertiary/aromatic N) is 2. The molecule has 4 saturated carbocycles. The van der Waals surface area contributed by atoms with E-state index < -0.39 is 0 Å². The molecule has 4 bridgehead atoms. The van der Waals surface area contributed by atoms with Crippen LogP contribution < -0.4 is 5.32 Å². The zero-order chi connectivity index (χ0) is 26.8.